The number of nitrogens with zero attached hydrogens (tertiary/aromatic N) is 5. The van der Waals surface area contributed by atoms with E-state index >= 15 is 0 Å². The van der Waals surface area contributed by atoms with Crippen LogP contribution in [0.15, 0.2) is 54.6 Å². The average molecular weight is 608 g/mol. The number of rotatable bonds is 4. The largest absolute Gasteiger partial charge is 0.493 e. The topological polar surface area (TPSA) is 88.0 Å². The molecule has 230 valence electrons. The van der Waals surface area contributed by atoms with Gasteiger partial charge in [0.1, 0.15) is 11.8 Å². The fourth-order valence-electron chi connectivity index (χ4n) is 5.37. The van der Waals surface area contributed by atoms with Gasteiger partial charge in [0.05, 0.1) is 12.2 Å². The van der Waals surface area contributed by atoms with Crippen LogP contribution in [0.5, 0.6) is 5.75 Å². The van der Waals surface area contributed by atoms with E-state index in [4.69, 9.17) is 16.3 Å². The van der Waals surface area contributed by atoms with Gasteiger partial charge in [-0.25, -0.2) is 0 Å². The number of likely N-dealkylation sites (N-methyl/N-ethyl adjacent to an activating group) is 2. The number of fused-ring (bicyclic) bond motifs is 1. The standard InChI is InChI=1S/C33H42ClN5O4/c1-5-39-24(2)21-28(35-39)32(41)38-18-10-9-17-36(3)33(42)29(22-25-13-7-6-8-14-25)37(4)31(40)27-23-26(34)15-16-30(27)43-20-12-11-19-38/h6-8,13-16,21,23,29H,5,9-12,17-20,22H2,1-4H3/t29-/m0/s1. The molecule has 2 heterocycles. The Bertz CT molecular complexity index is 1410. The molecule has 0 radical (unpaired) electrons. The molecule has 0 saturated heterocycles. The third-order valence-electron chi connectivity index (χ3n) is 7.93. The highest BCUT2D eigenvalue weighted by molar-refractivity contribution is 6.31. The molecule has 1 aliphatic heterocycles. The molecule has 0 unspecified atom stereocenters. The molecule has 0 bridgehead atoms. The number of carbonyl (C=O) groups excluding carboxylic acids is 3. The van der Waals surface area contributed by atoms with E-state index in [1.165, 1.54) is 4.90 Å². The number of aromatic nitrogens is 2. The maximum atomic E-state index is 13.9. The molecule has 0 N–H and O–H groups in total. The Balaban J connectivity index is 1.60. The van der Waals surface area contributed by atoms with Crippen LogP contribution >= 0.6 is 11.6 Å². The summed E-state index contributed by atoms with van der Waals surface area (Å²) in [5.41, 5.74) is 2.67. The molecule has 9 nitrogen and oxygen atoms in total. The Hall–Kier alpha value is -3.85. The number of hydrogen-bond donors (Lipinski definition) is 0. The van der Waals surface area contributed by atoms with Crippen LogP contribution in [-0.2, 0) is 17.8 Å². The highest BCUT2D eigenvalue weighted by atomic mass is 35.5. The second-order valence-corrected chi connectivity index (χ2v) is 11.5. The van der Waals surface area contributed by atoms with Crippen LogP contribution in [0.2, 0.25) is 5.02 Å². The second-order valence-electron chi connectivity index (χ2n) is 11.1. The lowest BCUT2D eigenvalue weighted by Gasteiger charge is -2.31. The molecule has 0 spiro atoms. The van der Waals surface area contributed by atoms with E-state index < -0.39 is 6.04 Å². The molecule has 2 aromatic carbocycles. The van der Waals surface area contributed by atoms with Crippen molar-refractivity contribution in [2.24, 2.45) is 0 Å². The van der Waals surface area contributed by atoms with E-state index in [9.17, 15) is 14.4 Å². The van der Waals surface area contributed by atoms with Crippen LogP contribution < -0.4 is 4.74 Å². The van der Waals surface area contributed by atoms with Gasteiger partial charge in [0, 0.05) is 57.4 Å². The van der Waals surface area contributed by atoms with Gasteiger partial charge in [0.2, 0.25) is 5.91 Å². The van der Waals surface area contributed by atoms with Crippen molar-refractivity contribution in [3.8, 4) is 5.75 Å². The maximum absolute atomic E-state index is 13.9. The zero-order chi connectivity index (χ0) is 30.9. The molecular formula is C33H42ClN5O4. The molecule has 43 heavy (non-hydrogen) atoms. The van der Waals surface area contributed by atoms with Gasteiger partial charge in [0.15, 0.2) is 5.69 Å². The molecule has 3 aromatic rings. The highest BCUT2D eigenvalue weighted by Crippen LogP contribution is 2.26. The van der Waals surface area contributed by atoms with Crippen molar-refractivity contribution in [3.05, 3.63) is 82.1 Å². The number of carbonyl (C=O) groups is 3. The number of amides is 3. The van der Waals surface area contributed by atoms with Crippen molar-refractivity contribution in [3.63, 3.8) is 0 Å². The monoisotopic (exact) mass is 607 g/mol. The minimum Gasteiger partial charge on any atom is -0.493 e. The summed E-state index contributed by atoms with van der Waals surface area (Å²) in [6.07, 6.45) is 3.24. The Morgan fingerprint density at radius 2 is 1.67 bits per heavy atom. The van der Waals surface area contributed by atoms with Crippen molar-refractivity contribution in [2.75, 3.05) is 40.3 Å². The summed E-state index contributed by atoms with van der Waals surface area (Å²) < 4.78 is 7.91. The summed E-state index contributed by atoms with van der Waals surface area (Å²) in [5.74, 6) is -0.155. The van der Waals surface area contributed by atoms with Crippen LogP contribution in [0, 0.1) is 6.92 Å². The first-order valence-corrected chi connectivity index (χ1v) is 15.4. The fraction of sp³-hybridized carbons (Fsp3) is 0.455. The summed E-state index contributed by atoms with van der Waals surface area (Å²) in [7, 11) is 3.43. The van der Waals surface area contributed by atoms with Crippen molar-refractivity contribution in [1.82, 2.24) is 24.5 Å². The normalized spacial score (nSPS) is 17.8. The second kappa shape index (κ2) is 15.0. The zero-order valence-electron chi connectivity index (χ0n) is 25.6. The van der Waals surface area contributed by atoms with Crippen molar-refractivity contribution < 1.29 is 19.1 Å². The van der Waals surface area contributed by atoms with Gasteiger partial charge in [-0.15, -0.1) is 0 Å². The smallest absolute Gasteiger partial charge is 0.274 e. The van der Waals surface area contributed by atoms with Gasteiger partial charge in [-0.05, 0) is 69.4 Å². The first-order chi connectivity index (χ1) is 20.7. The molecule has 0 saturated carbocycles. The van der Waals surface area contributed by atoms with Crippen LogP contribution in [-0.4, -0.2) is 88.6 Å². The summed E-state index contributed by atoms with van der Waals surface area (Å²) in [4.78, 5) is 46.2. The molecule has 1 aromatic heterocycles. The minimum atomic E-state index is -0.725. The maximum Gasteiger partial charge on any atom is 0.274 e. The summed E-state index contributed by atoms with van der Waals surface area (Å²) in [5, 5.41) is 4.92. The van der Waals surface area contributed by atoms with Gasteiger partial charge in [0.25, 0.3) is 11.8 Å². The Morgan fingerprint density at radius 3 is 2.37 bits per heavy atom. The summed E-state index contributed by atoms with van der Waals surface area (Å²) in [6.45, 7) is 6.65. The third kappa shape index (κ3) is 8.16. The molecule has 1 atom stereocenters. The van der Waals surface area contributed by atoms with Crippen LogP contribution in [0.4, 0.5) is 0 Å². The average Bonchev–Trinajstić information content (AvgIpc) is 3.40. The summed E-state index contributed by atoms with van der Waals surface area (Å²) in [6, 6.07) is 15.8. The number of halogens is 1. The van der Waals surface area contributed by atoms with Gasteiger partial charge in [-0.3, -0.25) is 19.1 Å². The quantitative estimate of drug-likeness (QED) is 0.412. The van der Waals surface area contributed by atoms with Gasteiger partial charge < -0.3 is 19.4 Å². The fourth-order valence-corrected chi connectivity index (χ4v) is 5.54. The summed E-state index contributed by atoms with van der Waals surface area (Å²) >= 11 is 6.31. The predicted molar refractivity (Wildman–Crippen MR) is 168 cm³/mol. The number of ether oxygens (including phenoxy) is 1. The Morgan fingerprint density at radius 1 is 0.977 bits per heavy atom. The molecule has 3 amide bonds. The van der Waals surface area contributed by atoms with E-state index in [-0.39, 0.29) is 17.7 Å². The lowest BCUT2D eigenvalue weighted by atomic mass is 10.0. The molecular weight excluding hydrogens is 566 g/mol. The van der Waals surface area contributed by atoms with Crippen molar-refractivity contribution in [2.45, 2.75) is 58.5 Å². The molecule has 0 fully saturated rings. The number of benzene rings is 2. The first kappa shape index (κ1) is 32.1. The predicted octanol–water partition coefficient (Wildman–Crippen LogP) is 5.10. The van der Waals surface area contributed by atoms with Crippen LogP contribution in [0.3, 0.4) is 0 Å². The Labute approximate surface area is 259 Å². The molecule has 10 heteroatoms. The molecule has 1 aliphatic rings. The van der Waals surface area contributed by atoms with Gasteiger partial charge >= 0.3 is 0 Å². The lowest BCUT2D eigenvalue weighted by Crippen LogP contribution is -2.49. The lowest BCUT2D eigenvalue weighted by molar-refractivity contribution is -0.134. The van der Waals surface area contributed by atoms with E-state index in [0.717, 1.165) is 24.1 Å². The van der Waals surface area contributed by atoms with Gasteiger partial charge in [-0.2, -0.15) is 5.10 Å². The van der Waals surface area contributed by atoms with Crippen molar-refractivity contribution >= 4 is 29.3 Å². The van der Waals surface area contributed by atoms with Crippen LogP contribution in [0.1, 0.15) is 64.7 Å². The van der Waals surface area contributed by atoms with E-state index in [2.05, 4.69) is 5.10 Å². The van der Waals surface area contributed by atoms with E-state index in [1.807, 2.05) is 59.8 Å². The number of aryl methyl sites for hydroxylation is 2. The van der Waals surface area contributed by atoms with Crippen LogP contribution in [0.25, 0.3) is 0 Å². The first-order valence-electron chi connectivity index (χ1n) is 15.0. The SMILES string of the molecule is CCn1nc(C(=O)N2CCCCOc3ccc(Cl)cc3C(=O)N(C)[C@@H](Cc3ccccc3)C(=O)N(C)CCCC2)cc1C. The number of hydrogen-bond acceptors (Lipinski definition) is 5. The zero-order valence-corrected chi connectivity index (χ0v) is 26.3. The molecule has 4 rings (SSSR count). The van der Waals surface area contributed by atoms with E-state index in [1.54, 1.807) is 37.2 Å². The van der Waals surface area contributed by atoms with Crippen molar-refractivity contribution in [1.29, 1.82) is 0 Å². The third-order valence-corrected chi connectivity index (χ3v) is 8.17. The minimum absolute atomic E-state index is 0.0892. The van der Waals surface area contributed by atoms with Gasteiger partial charge in [-0.1, -0.05) is 41.9 Å². The Kier molecular flexibility index (Phi) is 11.2. The highest BCUT2D eigenvalue weighted by Gasteiger charge is 2.31. The van der Waals surface area contributed by atoms with E-state index in [0.29, 0.717) is 74.1 Å². The molecule has 0 aliphatic carbocycles.